The van der Waals surface area contributed by atoms with Crippen LogP contribution in [0.5, 0.6) is 0 Å². The van der Waals surface area contributed by atoms with Gasteiger partial charge in [0.05, 0.1) is 18.4 Å². The molecule has 1 aliphatic carbocycles. The number of carbonyl (C=O) groups is 3. The number of aromatic nitrogens is 1. The number of amidine groups is 1. The van der Waals surface area contributed by atoms with Crippen LogP contribution in [0.3, 0.4) is 0 Å². The van der Waals surface area contributed by atoms with Crippen LogP contribution in [0, 0.1) is 11.7 Å². The first-order chi connectivity index (χ1) is 20.6. The second-order valence-corrected chi connectivity index (χ2v) is 13.6. The van der Waals surface area contributed by atoms with Crippen molar-refractivity contribution in [2.75, 3.05) is 7.11 Å². The fourth-order valence-electron chi connectivity index (χ4n) is 4.89. The second kappa shape index (κ2) is 13.1. The van der Waals surface area contributed by atoms with Gasteiger partial charge in [-0.1, -0.05) is 23.7 Å². The van der Waals surface area contributed by atoms with E-state index >= 15 is 0 Å². The Labute approximate surface area is 264 Å². The highest BCUT2D eigenvalue weighted by atomic mass is 35.5. The number of hydrogen-bond donors (Lipinski definition) is 1. The topological polar surface area (TPSA) is 119 Å². The number of rotatable bonds is 5. The molecule has 0 saturated heterocycles. The predicted octanol–water partition coefficient (Wildman–Crippen LogP) is 7.31. The minimum Gasteiger partial charge on any atom is -0.466 e. The van der Waals surface area contributed by atoms with Gasteiger partial charge >= 0.3 is 18.2 Å². The lowest BCUT2D eigenvalue weighted by molar-refractivity contribution is -0.136. The summed E-state index contributed by atoms with van der Waals surface area (Å²) >= 11 is 7.84. The number of nitrogens with one attached hydrogen (secondary N) is 1. The quantitative estimate of drug-likeness (QED) is 0.267. The molecule has 1 aromatic heterocycles. The highest BCUT2D eigenvalue weighted by Crippen LogP contribution is 2.45. The normalized spacial score (nSPS) is 19.2. The van der Waals surface area contributed by atoms with Crippen LogP contribution in [0.15, 0.2) is 57.8 Å². The van der Waals surface area contributed by atoms with Crippen LogP contribution in [0.4, 0.5) is 14.0 Å². The maximum atomic E-state index is 14.2. The van der Waals surface area contributed by atoms with Crippen LogP contribution in [0.1, 0.15) is 77.4 Å². The molecule has 1 unspecified atom stereocenters. The van der Waals surface area contributed by atoms with Gasteiger partial charge in [0.1, 0.15) is 23.1 Å². The van der Waals surface area contributed by atoms with Gasteiger partial charge in [-0.2, -0.15) is 0 Å². The molecule has 4 rings (SSSR count). The first-order valence-electron chi connectivity index (χ1n) is 14.0. The molecular weight excluding hydrogens is 611 g/mol. The van der Waals surface area contributed by atoms with Crippen LogP contribution < -0.4 is 5.32 Å². The second-order valence-electron chi connectivity index (χ2n) is 12.3. The van der Waals surface area contributed by atoms with E-state index in [1.54, 1.807) is 53.1 Å². The third-order valence-electron chi connectivity index (χ3n) is 6.60. The van der Waals surface area contributed by atoms with Crippen molar-refractivity contribution in [1.82, 2.24) is 15.2 Å². The Balaban J connectivity index is 1.88. The number of benzene rings is 1. The minimum atomic E-state index is -1.18. The number of thiazole rings is 1. The number of alkyl carbamates (subject to hydrolysis) is 1. The number of nitrogens with zero attached hydrogens (tertiary/aromatic N) is 3. The smallest absolute Gasteiger partial charge is 0.416 e. The van der Waals surface area contributed by atoms with Gasteiger partial charge in [0.25, 0.3) is 0 Å². The molecule has 2 aromatic rings. The van der Waals surface area contributed by atoms with E-state index in [0.29, 0.717) is 35.7 Å². The molecule has 2 amide bonds. The zero-order valence-electron chi connectivity index (χ0n) is 25.7. The minimum absolute atomic E-state index is 0.00270. The number of hydrogen-bond acceptors (Lipinski definition) is 9. The summed E-state index contributed by atoms with van der Waals surface area (Å²) < 4.78 is 30.6. The summed E-state index contributed by atoms with van der Waals surface area (Å²) in [5, 5.41) is 4.93. The van der Waals surface area contributed by atoms with Gasteiger partial charge in [-0.3, -0.25) is 5.32 Å². The van der Waals surface area contributed by atoms with Crippen LogP contribution >= 0.6 is 22.9 Å². The third-order valence-corrected chi connectivity index (χ3v) is 7.69. The Morgan fingerprint density at radius 1 is 1.11 bits per heavy atom. The largest absolute Gasteiger partial charge is 0.466 e. The van der Waals surface area contributed by atoms with E-state index in [9.17, 15) is 18.8 Å². The van der Waals surface area contributed by atoms with Crippen LogP contribution in [-0.2, 0) is 19.0 Å². The molecule has 0 fully saturated rings. The summed E-state index contributed by atoms with van der Waals surface area (Å²) in [7, 11) is 1.23. The molecule has 10 nitrogen and oxygen atoms in total. The molecule has 0 spiro atoms. The Kier molecular flexibility index (Phi) is 9.84. The SMILES string of the molecule is COC(=O)C1=C([C@H]2CC=C(NC(=O)OC(C)(C)C)CC2)N=C(c2nccs2)N(C(=O)OC(C)(C)C)C1c1ccc(F)cc1Cl. The van der Waals surface area contributed by atoms with Gasteiger partial charge in [-0.25, -0.2) is 33.7 Å². The molecule has 2 aliphatic rings. The van der Waals surface area contributed by atoms with E-state index in [1.165, 1.54) is 35.5 Å². The Bertz CT molecular complexity index is 1520. The van der Waals surface area contributed by atoms with Gasteiger partial charge in [-0.05, 0) is 78.5 Å². The number of aliphatic imine (C=N–C) groups is 1. The van der Waals surface area contributed by atoms with E-state index in [2.05, 4.69) is 10.3 Å². The van der Waals surface area contributed by atoms with Gasteiger partial charge in [-0.15, -0.1) is 11.3 Å². The molecule has 44 heavy (non-hydrogen) atoms. The molecular formula is C31H36ClFN4O6S. The standard InChI is InChI=1S/C31H36ClFN4O6S/c1-30(2,3)42-28(39)35-19-11-8-17(9-12-19)23-22(27(38)41-7)24(20-13-10-18(33)16-21(20)32)37(29(40)43-31(4,5)6)25(36-23)26-34-14-15-44-26/h10-11,13-17,24H,8-9,12H2,1-7H3,(H,35,39)/t17-,24?/m0/s1. The van der Waals surface area contributed by atoms with Gasteiger partial charge < -0.3 is 14.2 Å². The Morgan fingerprint density at radius 3 is 2.36 bits per heavy atom. The monoisotopic (exact) mass is 646 g/mol. The highest BCUT2D eigenvalue weighted by molar-refractivity contribution is 7.11. The molecule has 0 radical (unpaired) electrons. The average molecular weight is 647 g/mol. The summed E-state index contributed by atoms with van der Waals surface area (Å²) in [5.74, 6) is -1.48. The number of halogens is 2. The van der Waals surface area contributed by atoms with Crippen LogP contribution in [0.2, 0.25) is 5.02 Å². The summed E-state index contributed by atoms with van der Waals surface area (Å²) in [6, 6.07) is 2.57. The molecule has 1 aliphatic heterocycles. The van der Waals surface area contributed by atoms with Crippen molar-refractivity contribution in [3.63, 3.8) is 0 Å². The van der Waals surface area contributed by atoms with E-state index < -0.39 is 41.2 Å². The van der Waals surface area contributed by atoms with Crippen molar-refractivity contribution in [3.05, 3.63) is 74.2 Å². The van der Waals surface area contributed by atoms with Crippen molar-refractivity contribution in [2.45, 2.75) is 78.0 Å². The predicted molar refractivity (Wildman–Crippen MR) is 165 cm³/mol. The number of carbonyl (C=O) groups excluding carboxylic acids is 3. The van der Waals surface area contributed by atoms with Crippen molar-refractivity contribution in [2.24, 2.45) is 10.9 Å². The lowest BCUT2D eigenvalue weighted by Crippen LogP contribution is -2.47. The van der Waals surface area contributed by atoms with Crippen molar-refractivity contribution >= 4 is 46.9 Å². The molecule has 1 N–H and O–H groups in total. The molecule has 2 atom stereocenters. The maximum Gasteiger partial charge on any atom is 0.416 e. The molecule has 0 saturated carbocycles. The average Bonchev–Trinajstić information content (AvgIpc) is 3.45. The third kappa shape index (κ3) is 7.84. The fraction of sp³-hybridized carbons (Fsp3) is 0.452. The molecule has 1 aromatic carbocycles. The lowest BCUT2D eigenvalue weighted by atomic mass is 9.83. The van der Waals surface area contributed by atoms with E-state index in [0.717, 1.165) is 6.07 Å². The number of esters is 1. The van der Waals surface area contributed by atoms with E-state index in [-0.39, 0.29) is 27.9 Å². The first-order valence-corrected chi connectivity index (χ1v) is 15.3. The zero-order chi connectivity index (χ0) is 32.4. The number of allylic oxidation sites excluding steroid dienone is 3. The van der Waals surface area contributed by atoms with Crippen molar-refractivity contribution < 1.29 is 33.0 Å². The van der Waals surface area contributed by atoms with Crippen LogP contribution in [0.25, 0.3) is 0 Å². The van der Waals surface area contributed by atoms with E-state index in [1.807, 2.05) is 6.08 Å². The molecule has 2 heterocycles. The van der Waals surface area contributed by atoms with Gasteiger partial charge in [0.15, 0.2) is 10.8 Å². The summed E-state index contributed by atoms with van der Waals surface area (Å²) in [6.45, 7) is 10.5. The highest BCUT2D eigenvalue weighted by Gasteiger charge is 2.46. The number of ether oxygens (including phenoxy) is 3. The van der Waals surface area contributed by atoms with Crippen molar-refractivity contribution in [3.8, 4) is 0 Å². The zero-order valence-corrected chi connectivity index (χ0v) is 27.3. The number of methoxy groups -OCH3 is 1. The number of amides is 2. The van der Waals surface area contributed by atoms with E-state index in [4.69, 9.17) is 30.8 Å². The maximum absolute atomic E-state index is 14.2. The Morgan fingerprint density at radius 2 is 1.82 bits per heavy atom. The summed E-state index contributed by atoms with van der Waals surface area (Å²) in [5.41, 5.74) is -0.150. The van der Waals surface area contributed by atoms with Crippen molar-refractivity contribution in [1.29, 1.82) is 0 Å². The lowest BCUT2D eigenvalue weighted by Gasteiger charge is -2.39. The van der Waals surface area contributed by atoms with Crippen LogP contribution in [-0.4, -0.2) is 52.2 Å². The molecule has 13 heteroatoms. The van der Waals surface area contributed by atoms with Gasteiger partial charge in [0.2, 0.25) is 0 Å². The molecule has 0 bridgehead atoms. The van der Waals surface area contributed by atoms with Gasteiger partial charge in [0, 0.05) is 28.2 Å². The summed E-state index contributed by atoms with van der Waals surface area (Å²) in [4.78, 5) is 50.4. The Hall–Kier alpha value is -3.77. The first kappa shape index (κ1) is 33.1. The molecule has 236 valence electrons. The fourth-order valence-corrected chi connectivity index (χ4v) is 5.79. The summed E-state index contributed by atoms with van der Waals surface area (Å²) in [6.07, 6.45) is 3.45.